The second-order valence-electron chi connectivity index (χ2n) is 38.0. The molecule has 2 saturated heterocycles. The van der Waals surface area contributed by atoms with Crippen LogP contribution >= 0.6 is 15.6 Å². The standard InChI is InChI=1S/C101H192N2O25P2/c1-7-13-19-25-31-37-39-41-43-45-51-57-63-69-75-91(110)122-85(73-67-61-55-49-36-30-24-18-12-6)79-93(112)126-99-95(102-88(107)76-82(105)70-64-58-52-46-33-27-21-15-9-3)100(123-86(80-104)97(99)127-129(114,115)116)120-81-87-96(113)98(125-92(111)77-83(106)71-65-59-53-47-34-28-22-16-10-4)94(101(124-87)128-130(117,118)119)103-89(108)78-84(72-66-60-54-48-35-29-23-17-11-5)121-90(109)74-68-62-56-50-44-42-40-38-32-26-20-14-8-2/h82-87,94-101,104-106,113H,7-81H2,1-6H3,(H,102,107)(H,103,108)(H2,114,115,116)(H2,117,118,119)/t82?,83?,84?,85?,86?,87?,94-,95-,96+,97?,98?,99?,100+,101?/m0/s1. The second-order valence-corrected chi connectivity index (χ2v) is 40.4. The first kappa shape index (κ1) is 123. The minimum Gasteiger partial charge on any atom is -0.462 e. The van der Waals surface area contributed by atoms with Crippen LogP contribution in [0.2, 0.25) is 0 Å². The highest BCUT2D eigenvalue weighted by atomic mass is 31.2. The molecule has 2 aliphatic rings. The summed E-state index contributed by atoms with van der Waals surface area (Å²) >= 11 is 0. The van der Waals surface area contributed by atoms with E-state index in [4.69, 9.17) is 42.2 Å². The lowest BCUT2D eigenvalue weighted by molar-refractivity contribution is -0.297. The van der Waals surface area contributed by atoms with Gasteiger partial charge in [-0.1, -0.05) is 420 Å². The fourth-order valence-electron chi connectivity index (χ4n) is 17.8. The summed E-state index contributed by atoms with van der Waals surface area (Å²) in [5.74, 6) is -5.01. The van der Waals surface area contributed by atoms with Crippen LogP contribution in [0.5, 0.6) is 0 Å². The lowest BCUT2D eigenvalue weighted by atomic mass is 9.95. The largest absolute Gasteiger partial charge is 0.472 e. The van der Waals surface area contributed by atoms with Crippen molar-refractivity contribution >= 4 is 51.3 Å². The van der Waals surface area contributed by atoms with Gasteiger partial charge >= 0.3 is 39.5 Å². The molecule has 14 atom stereocenters. The predicted molar refractivity (Wildman–Crippen MR) is 513 cm³/mol. The summed E-state index contributed by atoms with van der Waals surface area (Å²) in [5.41, 5.74) is 0. The summed E-state index contributed by atoms with van der Waals surface area (Å²) in [4.78, 5) is 129. The number of aliphatic hydroxyl groups excluding tert-OH is 4. The van der Waals surface area contributed by atoms with Crippen LogP contribution in [0.15, 0.2) is 0 Å². The van der Waals surface area contributed by atoms with E-state index in [2.05, 4.69) is 52.2 Å². The monoisotopic (exact) mass is 1900 g/mol. The SMILES string of the molecule is CCCCCCCCCCCCCCCCC(=O)OC(CCCCCCCCCCC)CC(=O)OC1C(OP(=O)(O)O)C(CO)O[C@@H](OCC2OC(OP(=O)(O)O)[C@@H](NC(=O)CC(CCCCCCCCCCC)OC(=O)CCCCCCCCCCCCCCC)C(OC(=O)CC(O)CCCCCCCCCCC)[C@@H]2O)[C@H]1NC(=O)CC(O)CCCCCCCCCCC. The van der Waals surface area contributed by atoms with E-state index in [-0.39, 0.29) is 38.5 Å². The van der Waals surface area contributed by atoms with Crippen molar-refractivity contribution in [2.75, 3.05) is 13.2 Å². The van der Waals surface area contributed by atoms with Gasteiger partial charge in [0, 0.05) is 12.8 Å². The van der Waals surface area contributed by atoms with E-state index in [1.165, 1.54) is 122 Å². The number of carbonyl (C=O) groups is 6. The van der Waals surface area contributed by atoms with E-state index in [0.29, 0.717) is 38.5 Å². The fraction of sp³-hybridized carbons (Fsp3) is 0.941. The molecule has 0 bridgehead atoms. The maximum absolute atomic E-state index is 14.9. The fourth-order valence-corrected chi connectivity index (χ4v) is 18.8. The third kappa shape index (κ3) is 67.1. The van der Waals surface area contributed by atoms with Gasteiger partial charge in [0.25, 0.3) is 0 Å². The molecule has 10 N–H and O–H groups in total. The van der Waals surface area contributed by atoms with Crippen molar-refractivity contribution < 1.29 is 120 Å². The number of hydrogen-bond donors (Lipinski definition) is 10. The summed E-state index contributed by atoms with van der Waals surface area (Å²) < 4.78 is 80.2. The summed E-state index contributed by atoms with van der Waals surface area (Å²) in [5, 5.41) is 52.0. The summed E-state index contributed by atoms with van der Waals surface area (Å²) in [7, 11) is -11.4. The predicted octanol–water partition coefficient (Wildman–Crippen LogP) is 23.3. The molecule has 2 fully saturated rings. The van der Waals surface area contributed by atoms with Crippen molar-refractivity contribution in [3.8, 4) is 0 Å². The van der Waals surface area contributed by atoms with Crippen molar-refractivity contribution in [1.29, 1.82) is 0 Å². The Hall–Kier alpha value is -3.24. The number of carbonyl (C=O) groups excluding carboxylic acids is 6. The number of phosphoric ester groups is 2. The Labute approximate surface area is 787 Å². The number of unbranched alkanes of at least 4 members (excludes halogenated alkanes) is 57. The van der Waals surface area contributed by atoms with Crippen LogP contribution in [-0.2, 0) is 80.1 Å². The Morgan fingerprint density at radius 2 is 0.592 bits per heavy atom. The minimum absolute atomic E-state index is 0.0839. The van der Waals surface area contributed by atoms with Crippen LogP contribution in [0, 0.1) is 0 Å². The number of esters is 4. The van der Waals surface area contributed by atoms with Gasteiger partial charge in [0.1, 0.15) is 48.7 Å². The van der Waals surface area contributed by atoms with Crippen LogP contribution in [0.3, 0.4) is 0 Å². The number of aliphatic hydroxyl groups is 4. The van der Waals surface area contributed by atoms with Crippen molar-refractivity contribution in [2.45, 2.75) is 596 Å². The molecule has 29 heteroatoms. The molecule has 2 heterocycles. The van der Waals surface area contributed by atoms with Gasteiger partial charge in [-0.15, -0.1) is 0 Å². The Morgan fingerprint density at radius 1 is 0.315 bits per heavy atom. The van der Waals surface area contributed by atoms with Gasteiger partial charge in [0.2, 0.25) is 11.8 Å². The molecule has 0 radical (unpaired) electrons. The lowest BCUT2D eigenvalue weighted by Crippen LogP contribution is -2.68. The summed E-state index contributed by atoms with van der Waals surface area (Å²) in [6.45, 7) is 11.0. The molecule has 0 spiro atoms. The molecule has 2 aliphatic heterocycles. The Balaban J connectivity index is 2.75. The zero-order valence-corrected chi connectivity index (χ0v) is 84.3. The van der Waals surface area contributed by atoms with E-state index >= 15 is 0 Å². The number of rotatable bonds is 91. The molecule has 0 aromatic rings. The van der Waals surface area contributed by atoms with Gasteiger partial charge in [-0.2, -0.15) is 0 Å². The Kier molecular flexibility index (Phi) is 77.2. The highest BCUT2D eigenvalue weighted by Crippen LogP contribution is 2.44. The maximum Gasteiger partial charge on any atom is 0.472 e. The van der Waals surface area contributed by atoms with E-state index in [9.17, 15) is 77.9 Å². The van der Waals surface area contributed by atoms with Gasteiger partial charge in [0.15, 0.2) is 24.8 Å². The molecule has 0 saturated carbocycles. The van der Waals surface area contributed by atoms with E-state index in [1.807, 2.05) is 0 Å². The average Bonchev–Trinajstić information content (AvgIpc) is 0.778. The van der Waals surface area contributed by atoms with Gasteiger partial charge in [0.05, 0.1) is 51.1 Å². The molecule has 0 aromatic heterocycles. The topological polar surface area (TPSA) is 406 Å². The van der Waals surface area contributed by atoms with E-state index in [0.717, 1.165) is 244 Å². The summed E-state index contributed by atoms with van der Waals surface area (Å²) in [6.07, 6.45) is 43.5. The average molecular weight is 1900 g/mol. The zero-order valence-electron chi connectivity index (χ0n) is 82.5. The van der Waals surface area contributed by atoms with Gasteiger partial charge in [-0.3, -0.25) is 37.8 Å². The smallest absolute Gasteiger partial charge is 0.462 e. The van der Waals surface area contributed by atoms with Crippen LogP contribution in [-0.4, -0.2) is 175 Å². The van der Waals surface area contributed by atoms with E-state index < -0.39 is 176 Å². The molecule has 2 amide bonds. The van der Waals surface area contributed by atoms with Crippen LogP contribution < -0.4 is 10.6 Å². The number of ether oxygens (including phenoxy) is 7. The Morgan fingerprint density at radius 3 is 0.931 bits per heavy atom. The van der Waals surface area contributed by atoms with Crippen LogP contribution in [0.4, 0.5) is 0 Å². The second kappa shape index (κ2) is 81.7. The van der Waals surface area contributed by atoms with Crippen molar-refractivity contribution in [2.24, 2.45) is 0 Å². The minimum atomic E-state index is -5.72. The summed E-state index contributed by atoms with van der Waals surface area (Å²) in [6, 6.07) is -3.86. The zero-order chi connectivity index (χ0) is 95.4. The molecule has 10 unspecified atom stereocenters. The molecule has 130 heavy (non-hydrogen) atoms. The first-order chi connectivity index (χ1) is 62.8. The quantitative estimate of drug-likeness (QED) is 0.0117. The Bertz CT molecular complexity index is 2840. The number of amides is 2. The molecule has 27 nitrogen and oxygen atoms in total. The van der Waals surface area contributed by atoms with Gasteiger partial charge in [-0.05, 0) is 51.4 Å². The maximum atomic E-state index is 14.9. The van der Waals surface area contributed by atoms with Crippen LogP contribution in [0.1, 0.15) is 510 Å². The lowest BCUT2D eigenvalue weighted by Gasteiger charge is -2.47. The first-order valence-electron chi connectivity index (χ1n) is 53.2. The molecular formula is C101H192N2O25P2. The van der Waals surface area contributed by atoms with E-state index in [1.54, 1.807) is 0 Å². The third-order valence-electron chi connectivity index (χ3n) is 25.6. The van der Waals surface area contributed by atoms with Gasteiger partial charge in [-0.25, -0.2) is 9.13 Å². The highest BCUT2D eigenvalue weighted by Gasteiger charge is 2.55. The van der Waals surface area contributed by atoms with Crippen molar-refractivity contribution in [1.82, 2.24) is 10.6 Å². The highest BCUT2D eigenvalue weighted by molar-refractivity contribution is 7.46. The molecule has 766 valence electrons. The molecule has 2 rings (SSSR count). The number of phosphoric acid groups is 2. The first-order valence-corrected chi connectivity index (χ1v) is 56.3. The third-order valence-corrected chi connectivity index (χ3v) is 26.6. The van der Waals surface area contributed by atoms with Gasteiger partial charge < -0.3 is 83.8 Å². The van der Waals surface area contributed by atoms with Crippen molar-refractivity contribution in [3.05, 3.63) is 0 Å². The molecule has 0 aliphatic carbocycles. The van der Waals surface area contributed by atoms with Crippen molar-refractivity contribution in [3.63, 3.8) is 0 Å². The molecular weight excluding hydrogens is 1700 g/mol. The molecule has 0 aromatic carbocycles. The number of hydrogen-bond acceptors (Lipinski definition) is 21. The normalized spacial score (nSPS) is 19.9. The number of nitrogens with one attached hydrogen (secondary N) is 2. The van der Waals surface area contributed by atoms with Crippen LogP contribution in [0.25, 0.3) is 0 Å².